The fourth-order valence-corrected chi connectivity index (χ4v) is 2.24. The van der Waals surface area contributed by atoms with Crippen molar-refractivity contribution in [3.8, 4) is 0 Å². The van der Waals surface area contributed by atoms with Crippen LogP contribution >= 0.6 is 0 Å². The molecule has 1 aromatic carbocycles. The standard InChI is InChI=1S/C16H22N2O3/c1-10(2)18(9-12-5-6-12)16(21)17-14-7-4-11(3)8-13(14)15(19)20/h4,7-8,10,12H,5-6,9H2,1-3H3,(H,17,21)(H,19,20). The van der Waals surface area contributed by atoms with E-state index in [4.69, 9.17) is 0 Å². The molecule has 1 saturated carbocycles. The van der Waals surface area contributed by atoms with Gasteiger partial charge < -0.3 is 15.3 Å². The van der Waals surface area contributed by atoms with Gasteiger partial charge in [-0.05, 0) is 51.7 Å². The Morgan fingerprint density at radius 1 is 1.38 bits per heavy atom. The van der Waals surface area contributed by atoms with Crippen LogP contribution in [0.3, 0.4) is 0 Å². The molecule has 5 heteroatoms. The van der Waals surface area contributed by atoms with E-state index in [0.717, 1.165) is 12.1 Å². The van der Waals surface area contributed by atoms with E-state index in [-0.39, 0.29) is 17.6 Å². The smallest absolute Gasteiger partial charge is 0.337 e. The lowest BCUT2D eigenvalue weighted by molar-refractivity contribution is 0.0698. The second-order valence-electron chi connectivity index (χ2n) is 5.97. The molecule has 1 fully saturated rings. The van der Waals surface area contributed by atoms with Gasteiger partial charge in [0.1, 0.15) is 0 Å². The number of hydrogen-bond acceptors (Lipinski definition) is 2. The van der Waals surface area contributed by atoms with Gasteiger partial charge in [0.25, 0.3) is 0 Å². The summed E-state index contributed by atoms with van der Waals surface area (Å²) in [6.45, 7) is 6.49. The Hall–Kier alpha value is -2.04. The highest BCUT2D eigenvalue weighted by Crippen LogP contribution is 2.30. The molecule has 0 aromatic heterocycles. The van der Waals surface area contributed by atoms with Gasteiger partial charge in [0.2, 0.25) is 0 Å². The minimum Gasteiger partial charge on any atom is -0.478 e. The summed E-state index contributed by atoms with van der Waals surface area (Å²) in [6.07, 6.45) is 2.34. The van der Waals surface area contributed by atoms with Gasteiger partial charge in [-0.2, -0.15) is 0 Å². The second-order valence-corrected chi connectivity index (χ2v) is 5.97. The van der Waals surface area contributed by atoms with Crippen LogP contribution in [0.5, 0.6) is 0 Å². The maximum atomic E-state index is 12.4. The largest absolute Gasteiger partial charge is 0.478 e. The maximum absolute atomic E-state index is 12.4. The number of carboxylic acids is 1. The highest BCUT2D eigenvalue weighted by molar-refractivity contribution is 6.00. The zero-order valence-corrected chi connectivity index (χ0v) is 12.7. The van der Waals surface area contributed by atoms with Crippen molar-refractivity contribution in [3.63, 3.8) is 0 Å². The van der Waals surface area contributed by atoms with Crippen LogP contribution in [0.1, 0.15) is 42.6 Å². The van der Waals surface area contributed by atoms with Crippen LogP contribution in [-0.4, -0.2) is 34.6 Å². The first-order chi connectivity index (χ1) is 9.88. The number of amides is 2. The van der Waals surface area contributed by atoms with Gasteiger partial charge >= 0.3 is 12.0 Å². The van der Waals surface area contributed by atoms with Crippen LogP contribution in [0.4, 0.5) is 10.5 Å². The number of anilines is 1. The predicted molar refractivity (Wildman–Crippen MR) is 81.7 cm³/mol. The fraction of sp³-hybridized carbons (Fsp3) is 0.500. The third-order valence-corrected chi connectivity index (χ3v) is 3.68. The first-order valence-corrected chi connectivity index (χ1v) is 7.30. The Bertz CT molecular complexity index is 550. The molecule has 2 rings (SSSR count). The summed E-state index contributed by atoms with van der Waals surface area (Å²) < 4.78 is 0. The number of nitrogens with one attached hydrogen (secondary N) is 1. The molecule has 0 aliphatic heterocycles. The molecule has 0 atom stereocenters. The number of nitrogens with zero attached hydrogens (tertiary/aromatic N) is 1. The molecule has 114 valence electrons. The molecule has 1 aliphatic rings. The van der Waals surface area contributed by atoms with Crippen molar-refractivity contribution in [3.05, 3.63) is 29.3 Å². The zero-order valence-electron chi connectivity index (χ0n) is 12.7. The van der Waals surface area contributed by atoms with Crippen LogP contribution in [0.2, 0.25) is 0 Å². The monoisotopic (exact) mass is 290 g/mol. The van der Waals surface area contributed by atoms with Crippen LogP contribution < -0.4 is 5.32 Å². The van der Waals surface area contributed by atoms with Gasteiger partial charge in [-0.1, -0.05) is 11.6 Å². The average Bonchev–Trinajstić information content (AvgIpc) is 3.21. The number of hydrogen-bond donors (Lipinski definition) is 2. The number of benzene rings is 1. The highest BCUT2D eigenvalue weighted by atomic mass is 16.4. The SMILES string of the molecule is Cc1ccc(NC(=O)N(CC2CC2)C(C)C)c(C(=O)O)c1. The van der Waals surface area contributed by atoms with E-state index in [1.54, 1.807) is 23.1 Å². The molecular formula is C16H22N2O3. The van der Waals surface area contributed by atoms with Crippen molar-refractivity contribution >= 4 is 17.7 Å². The topological polar surface area (TPSA) is 69.6 Å². The van der Waals surface area contributed by atoms with Crippen molar-refractivity contribution < 1.29 is 14.7 Å². The lowest BCUT2D eigenvalue weighted by Gasteiger charge is -2.27. The van der Waals surface area contributed by atoms with Gasteiger partial charge in [0, 0.05) is 12.6 Å². The second kappa shape index (κ2) is 6.16. The lowest BCUT2D eigenvalue weighted by atomic mass is 10.1. The predicted octanol–water partition coefficient (Wildman–Crippen LogP) is 3.35. The normalized spacial score (nSPS) is 14.1. The van der Waals surface area contributed by atoms with E-state index in [0.29, 0.717) is 11.6 Å². The third kappa shape index (κ3) is 3.97. The molecule has 2 N–H and O–H groups in total. The van der Waals surface area contributed by atoms with Gasteiger partial charge in [-0.15, -0.1) is 0 Å². The van der Waals surface area contributed by atoms with Crippen molar-refractivity contribution in [2.45, 2.75) is 39.7 Å². The lowest BCUT2D eigenvalue weighted by Crippen LogP contribution is -2.41. The summed E-state index contributed by atoms with van der Waals surface area (Å²) in [4.78, 5) is 25.4. The Balaban J connectivity index is 2.15. The highest BCUT2D eigenvalue weighted by Gasteiger charge is 2.28. The molecular weight excluding hydrogens is 268 g/mol. The molecule has 2 amide bonds. The first kappa shape index (κ1) is 15.4. The minimum absolute atomic E-state index is 0.0873. The number of carbonyl (C=O) groups excluding carboxylic acids is 1. The number of urea groups is 1. The van der Waals surface area contributed by atoms with Gasteiger partial charge in [-0.25, -0.2) is 9.59 Å². The van der Waals surface area contributed by atoms with Crippen LogP contribution in [0.25, 0.3) is 0 Å². The Kier molecular flexibility index (Phi) is 4.50. The first-order valence-electron chi connectivity index (χ1n) is 7.30. The van der Waals surface area contributed by atoms with Gasteiger partial charge in [0.05, 0.1) is 11.3 Å². The number of aromatic carboxylic acids is 1. The third-order valence-electron chi connectivity index (χ3n) is 3.68. The van der Waals surface area contributed by atoms with Crippen LogP contribution in [-0.2, 0) is 0 Å². The van der Waals surface area contributed by atoms with E-state index in [9.17, 15) is 14.7 Å². The van der Waals surface area contributed by atoms with Crippen LogP contribution in [0.15, 0.2) is 18.2 Å². The van der Waals surface area contributed by atoms with E-state index < -0.39 is 5.97 Å². The minimum atomic E-state index is -1.03. The maximum Gasteiger partial charge on any atom is 0.337 e. The molecule has 0 saturated heterocycles. The summed E-state index contributed by atoms with van der Waals surface area (Å²) in [6, 6.07) is 4.86. The summed E-state index contributed by atoms with van der Waals surface area (Å²) in [5, 5.41) is 12.0. The molecule has 1 aliphatic carbocycles. The number of carbonyl (C=O) groups is 2. The number of rotatable bonds is 5. The summed E-state index contributed by atoms with van der Waals surface area (Å²) in [5.41, 5.74) is 1.32. The van der Waals surface area contributed by atoms with Crippen LogP contribution in [0, 0.1) is 12.8 Å². The molecule has 0 heterocycles. The van der Waals surface area contributed by atoms with E-state index in [1.165, 1.54) is 12.8 Å². The Morgan fingerprint density at radius 3 is 2.57 bits per heavy atom. The van der Waals surface area contributed by atoms with E-state index >= 15 is 0 Å². The zero-order chi connectivity index (χ0) is 15.6. The Labute approximate surface area is 125 Å². The molecule has 0 unspecified atom stereocenters. The van der Waals surface area contributed by atoms with Crippen molar-refractivity contribution in [2.24, 2.45) is 5.92 Å². The molecule has 21 heavy (non-hydrogen) atoms. The van der Waals surface area contributed by atoms with E-state index in [2.05, 4.69) is 5.32 Å². The molecule has 0 spiro atoms. The number of carboxylic acid groups (broad SMARTS) is 1. The van der Waals surface area contributed by atoms with Crippen molar-refractivity contribution in [1.82, 2.24) is 4.90 Å². The molecule has 5 nitrogen and oxygen atoms in total. The Morgan fingerprint density at radius 2 is 2.05 bits per heavy atom. The molecule has 1 aromatic rings. The van der Waals surface area contributed by atoms with Crippen molar-refractivity contribution in [2.75, 3.05) is 11.9 Å². The van der Waals surface area contributed by atoms with E-state index in [1.807, 2.05) is 20.8 Å². The molecule has 0 bridgehead atoms. The number of aryl methyl sites for hydroxylation is 1. The summed E-state index contributed by atoms with van der Waals surface area (Å²) >= 11 is 0. The fourth-order valence-electron chi connectivity index (χ4n) is 2.24. The average molecular weight is 290 g/mol. The van der Waals surface area contributed by atoms with Gasteiger partial charge in [0.15, 0.2) is 0 Å². The summed E-state index contributed by atoms with van der Waals surface area (Å²) in [5.74, 6) is -0.442. The molecule has 0 radical (unpaired) electrons. The quantitative estimate of drug-likeness (QED) is 0.873. The van der Waals surface area contributed by atoms with Gasteiger partial charge in [-0.3, -0.25) is 0 Å². The summed E-state index contributed by atoms with van der Waals surface area (Å²) in [7, 11) is 0. The van der Waals surface area contributed by atoms with Crippen molar-refractivity contribution in [1.29, 1.82) is 0 Å².